The van der Waals surface area contributed by atoms with Gasteiger partial charge in [-0.25, -0.2) is 4.57 Å². The summed E-state index contributed by atoms with van der Waals surface area (Å²) < 4.78 is 34.5. The highest BCUT2D eigenvalue weighted by atomic mass is 31.2. The van der Waals surface area contributed by atoms with Gasteiger partial charge in [-0.2, -0.15) is 0 Å². The summed E-state index contributed by atoms with van der Waals surface area (Å²) in [5, 5.41) is 0. The second kappa shape index (κ2) is 50.4. The third kappa shape index (κ3) is 53.8. The van der Waals surface area contributed by atoms with Crippen LogP contribution >= 0.6 is 7.82 Å². The lowest BCUT2D eigenvalue weighted by molar-refractivity contribution is -0.870. The van der Waals surface area contributed by atoms with Gasteiger partial charge in [-0.3, -0.25) is 18.6 Å². The van der Waals surface area contributed by atoms with E-state index < -0.39 is 26.5 Å². The fraction of sp³-hybridized carbons (Fsp3) is 0.897. The lowest BCUT2D eigenvalue weighted by Gasteiger charge is -2.24. The van der Waals surface area contributed by atoms with Crippen molar-refractivity contribution in [3.05, 3.63) is 24.3 Å². The predicted molar refractivity (Wildman–Crippen MR) is 289 cm³/mol. The molecule has 0 aliphatic rings. The Bertz CT molecular complexity index is 1200. The van der Waals surface area contributed by atoms with E-state index in [-0.39, 0.29) is 32.0 Å². The molecule has 0 aliphatic heterocycles. The van der Waals surface area contributed by atoms with E-state index >= 15 is 0 Å². The minimum absolute atomic E-state index is 0.0273. The predicted octanol–water partition coefficient (Wildman–Crippen LogP) is 17.8. The summed E-state index contributed by atoms with van der Waals surface area (Å²) in [5.41, 5.74) is 0. The summed E-state index contributed by atoms with van der Waals surface area (Å²) in [4.78, 5) is 35.6. The molecule has 0 saturated heterocycles. The number of hydrogen-bond acceptors (Lipinski definition) is 7. The Hall–Kier alpha value is -1.51. The summed E-state index contributed by atoms with van der Waals surface area (Å²) in [5.74, 6) is -0.831. The van der Waals surface area contributed by atoms with Crippen LogP contribution in [0.1, 0.15) is 284 Å². The van der Waals surface area contributed by atoms with Crippen LogP contribution in [-0.2, 0) is 32.7 Å². The Morgan fingerprint density at radius 1 is 0.441 bits per heavy atom. The number of carbonyl (C=O) groups excluding carboxylic acids is 2. The van der Waals surface area contributed by atoms with E-state index in [4.69, 9.17) is 18.5 Å². The molecule has 0 aromatic carbocycles. The first kappa shape index (κ1) is 66.5. The van der Waals surface area contributed by atoms with Crippen molar-refractivity contribution >= 4 is 19.8 Å². The van der Waals surface area contributed by atoms with Gasteiger partial charge >= 0.3 is 19.8 Å². The molecular formula is C58H113NO8P+. The summed E-state index contributed by atoms with van der Waals surface area (Å²) in [6.45, 7) is 4.45. The first-order valence-electron chi connectivity index (χ1n) is 29.1. The fourth-order valence-corrected chi connectivity index (χ4v) is 9.19. The van der Waals surface area contributed by atoms with E-state index in [1.54, 1.807) is 0 Å². The largest absolute Gasteiger partial charge is 0.472 e. The van der Waals surface area contributed by atoms with Crippen LogP contribution in [0.4, 0.5) is 0 Å². The smallest absolute Gasteiger partial charge is 0.462 e. The zero-order chi connectivity index (χ0) is 49.9. The van der Waals surface area contributed by atoms with Gasteiger partial charge in [0.25, 0.3) is 0 Å². The zero-order valence-electron chi connectivity index (χ0n) is 45.6. The van der Waals surface area contributed by atoms with Crippen molar-refractivity contribution in [2.24, 2.45) is 0 Å². The third-order valence-electron chi connectivity index (χ3n) is 13.0. The van der Waals surface area contributed by atoms with E-state index in [0.717, 1.165) is 44.9 Å². The van der Waals surface area contributed by atoms with Gasteiger partial charge in [-0.1, -0.05) is 250 Å². The lowest BCUT2D eigenvalue weighted by atomic mass is 10.0. The number of unbranched alkanes of at least 4 members (excludes halogenated alkanes) is 36. The molecular weight excluding hydrogens is 870 g/mol. The first-order chi connectivity index (χ1) is 33.0. The number of nitrogens with zero attached hydrogens (tertiary/aromatic N) is 1. The number of ether oxygens (including phenoxy) is 2. The second-order valence-corrected chi connectivity index (χ2v) is 22.5. The van der Waals surface area contributed by atoms with Gasteiger partial charge in [0.2, 0.25) is 0 Å². The highest BCUT2D eigenvalue weighted by Gasteiger charge is 2.27. The number of hydrogen-bond donors (Lipinski definition) is 1. The van der Waals surface area contributed by atoms with E-state index in [2.05, 4.69) is 38.2 Å². The Balaban J connectivity index is 4.19. The minimum atomic E-state index is -4.39. The highest BCUT2D eigenvalue weighted by molar-refractivity contribution is 7.47. The SMILES string of the molecule is CCCCCCCCCCCCCCCC/C=C/CC/C=C/CCCC(=O)O[C@H](COC(=O)CCCCCCCCCCCCCCCCCCCCCCC)COP(=O)(O)OCC[N+](C)(C)C. The van der Waals surface area contributed by atoms with Gasteiger partial charge in [0, 0.05) is 12.8 Å². The second-order valence-electron chi connectivity index (χ2n) is 21.0. The summed E-state index contributed by atoms with van der Waals surface area (Å²) in [6.07, 6.45) is 59.7. The molecule has 0 spiro atoms. The molecule has 0 radical (unpaired) electrons. The van der Waals surface area contributed by atoms with Crippen molar-refractivity contribution in [2.75, 3.05) is 47.5 Å². The van der Waals surface area contributed by atoms with Crippen LogP contribution in [0.5, 0.6) is 0 Å². The molecule has 68 heavy (non-hydrogen) atoms. The van der Waals surface area contributed by atoms with E-state index in [1.807, 2.05) is 21.1 Å². The van der Waals surface area contributed by atoms with Crippen molar-refractivity contribution < 1.29 is 42.1 Å². The molecule has 402 valence electrons. The van der Waals surface area contributed by atoms with E-state index in [9.17, 15) is 19.0 Å². The summed E-state index contributed by atoms with van der Waals surface area (Å²) in [7, 11) is 1.47. The molecule has 10 heteroatoms. The van der Waals surface area contributed by atoms with Crippen LogP contribution < -0.4 is 0 Å². The molecule has 1 unspecified atom stereocenters. The monoisotopic (exact) mass is 983 g/mol. The van der Waals surface area contributed by atoms with E-state index in [1.165, 1.54) is 205 Å². The molecule has 0 aromatic rings. The first-order valence-corrected chi connectivity index (χ1v) is 30.6. The van der Waals surface area contributed by atoms with Crippen LogP contribution in [0.25, 0.3) is 0 Å². The maximum absolute atomic E-state index is 12.8. The van der Waals surface area contributed by atoms with Crippen molar-refractivity contribution in [1.82, 2.24) is 0 Å². The summed E-state index contributed by atoms with van der Waals surface area (Å²) >= 11 is 0. The van der Waals surface area contributed by atoms with Crippen molar-refractivity contribution in [1.29, 1.82) is 0 Å². The molecule has 0 aliphatic carbocycles. The molecule has 0 bridgehead atoms. The van der Waals surface area contributed by atoms with Crippen LogP contribution in [0.3, 0.4) is 0 Å². The number of carbonyl (C=O) groups is 2. The van der Waals surface area contributed by atoms with Crippen LogP contribution in [-0.4, -0.2) is 74.9 Å². The number of phosphoric acid groups is 1. The van der Waals surface area contributed by atoms with E-state index in [0.29, 0.717) is 17.4 Å². The number of esters is 2. The normalized spacial score (nSPS) is 13.4. The Labute approximate surface area is 421 Å². The Morgan fingerprint density at radius 2 is 0.779 bits per heavy atom. The number of likely N-dealkylation sites (N-methyl/N-ethyl adjacent to an activating group) is 1. The maximum atomic E-state index is 12.8. The number of allylic oxidation sites excluding steroid dienone is 4. The van der Waals surface area contributed by atoms with Gasteiger partial charge in [0.1, 0.15) is 19.8 Å². The quantitative estimate of drug-likeness (QED) is 0.0211. The standard InChI is InChI=1S/C58H112NO8P/c1-6-8-10-12-14-16-18-20-22-24-26-28-29-31-33-35-37-39-41-43-45-47-49-51-58(61)67-56(55-66-68(62,63)65-53-52-59(3,4)5)54-64-57(60)50-48-46-44-42-40-38-36-34-32-30-27-25-23-21-19-17-15-13-11-9-7-2/h35,37,43,45,56H,6-34,36,38-42,44,46-55H2,1-5H3/p+1/b37-35+,45-43+/t56-/m1/s1. The maximum Gasteiger partial charge on any atom is 0.472 e. The molecule has 0 saturated carbocycles. The molecule has 0 heterocycles. The van der Waals surface area contributed by atoms with Gasteiger partial charge in [-0.05, 0) is 44.9 Å². The number of quaternary nitrogens is 1. The molecule has 0 aromatic heterocycles. The number of phosphoric ester groups is 1. The highest BCUT2D eigenvalue weighted by Crippen LogP contribution is 2.43. The fourth-order valence-electron chi connectivity index (χ4n) is 8.45. The van der Waals surface area contributed by atoms with Crippen molar-refractivity contribution in [2.45, 2.75) is 290 Å². The topological polar surface area (TPSA) is 108 Å². The third-order valence-corrected chi connectivity index (χ3v) is 13.9. The van der Waals surface area contributed by atoms with Gasteiger partial charge in [0.05, 0.1) is 27.7 Å². The number of rotatable bonds is 54. The van der Waals surface area contributed by atoms with Gasteiger partial charge in [-0.15, -0.1) is 0 Å². The summed E-state index contributed by atoms with van der Waals surface area (Å²) in [6, 6.07) is 0. The Kier molecular flexibility index (Phi) is 49.3. The average molecular weight is 984 g/mol. The molecule has 1 N–H and O–H groups in total. The van der Waals surface area contributed by atoms with Gasteiger partial charge in [0.15, 0.2) is 6.10 Å². The lowest BCUT2D eigenvalue weighted by Crippen LogP contribution is -2.37. The average Bonchev–Trinajstić information content (AvgIpc) is 3.30. The van der Waals surface area contributed by atoms with Crippen LogP contribution in [0, 0.1) is 0 Å². The molecule has 0 fully saturated rings. The molecule has 0 amide bonds. The zero-order valence-corrected chi connectivity index (χ0v) is 46.5. The molecule has 0 rings (SSSR count). The molecule has 9 nitrogen and oxygen atoms in total. The van der Waals surface area contributed by atoms with Crippen molar-refractivity contribution in [3.63, 3.8) is 0 Å². The van der Waals surface area contributed by atoms with Gasteiger partial charge < -0.3 is 18.9 Å². The van der Waals surface area contributed by atoms with Crippen LogP contribution in [0.15, 0.2) is 24.3 Å². The molecule has 2 atom stereocenters. The minimum Gasteiger partial charge on any atom is -0.462 e. The van der Waals surface area contributed by atoms with Crippen molar-refractivity contribution in [3.8, 4) is 0 Å². The van der Waals surface area contributed by atoms with Crippen LogP contribution in [0.2, 0.25) is 0 Å². The Morgan fingerprint density at radius 3 is 1.18 bits per heavy atom.